The number of methoxy groups -OCH3 is 3. The molecule has 4 rings (SSSR count). The number of Topliss-reactive ketones (excluding diaryl/α,β-unsaturated/α-hetero) is 1. The Bertz CT molecular complexity index is 1410. The Kier molecular flexibility index (Phi) is 6.80. The highest BCUT2D eigenvalue weighted by atomic mass is 32.1. The maximum Gasteiger partial charge on any atom is 0.350 e. The first-order chi connectivity index (χ1) is 17.2. The second-order valence-electron chi connectivity index (χ2n) is 8.00. The zero-order chi connectivity index (χ0) is 26.1. The number of carbonyl (C=O) groups is 3. The summed E-state index contributed by atoms with van der Waals surface area (Å²) in [5.74, 6) is -1.70. The standard InChI is InChI=1S/C26H24N2O7S/c1-13-12-15(10-11-17(13)33-3)21(29)19-20(16-8-6-7-9-18(16)34-4)28(24(31)22(19)30)26-27-14(2)23(36-26)25(32)35-5/h6-12,20,29H,1-5H3/b21-19+/t20-/m0/s1. The number of para-hydroxylation sites is 1. The van der Waals surface area contributed by atoms with Crippen LogP contribution < -0.4 is 14.4 Å². The molecule has 0 spiro atoms. The van der Waals surface area contributed by atoms with Crippen molar-refractivity contribution in [2.24, 2.45) is 0 Å². The van der Waals surface area contributed by atoms with Crippen LogP contribution in [0.25, 0.3) is 5.76 Å². The van der Waals surface area contributed by atoms with Gasteiger partial charge in [0.1, 0.15) is 28.2 Å². The van der Waals surface area contributed by atoms with Crippen LogP contribution in [-0.2, 0) is 14.3 Å². The maximum absolute atomic E-state index is 13.4. The van der Waals surface area contributed by atoms with Gasteiger partial charge in [-0.05, 0) is 43.7 Å². The van der Waals surface area contributed by atoms with Crippen LogP contribution in [0.1, 0.15) is 38.1 Å². The highest BCUT2D eigenvalue weighted by molar-refractivity contribution is 7.17. The average molecular weight is 509 g/mol. The minimum absolute atomic E-state index is 0.121. The van der Waals surface area contributed by atoms with Gasteiger partial charge >= 0.3 is 11.9 Å². The summed E-state index contributed by atoms with van der Waals surface area (Å²) >= 11 is 0.930. The molecule has 2 aromatic carbocycles. The van der Waals surface area contributed by atoms with E-state index in [1.165, 1.54) is 26.2 Å². The van der Waals surface area contributed by atoms with Gasteiger partial charge in [0.25, 0.3) is 5.78 Å². The Morgan fingerprint density at radius 2 is 1.72 bits per heavy atom. The molecule has 2 heterocycles. The predicted octanol–water partition coefficient (Wildman–Crippen LogP) is 4.19. The first kappa shape index (κ1) is 24.9. The summed E-state index contributed by atoms with van der Waals surface area (Å²) in [6.07, 6.45) is 0. The van der Waals surface area contributed by atoms with Crippen LogP contribution in [0.5, 0.6) is 11.5 Å². The molecule has 36 heavy (non-hydrogen) atoms. The number of benzene rings is 2. The summed E-state index contributed by atoms with van der Waals surface area (Å²) in [5.41, 5.74) is 1.79. The first-order valence-corrected chi connectivity index (χ1v) is 11.7. The van der Waals surface area contributed by atoms with E-state index < -0.39 is 23.7 Å². The molecule has 0 saturated carbocycles. The molecule has 1 aliphatic rings. The molecule has 1 N–H and O–H groups in total. The molecule has 1 fully saturated rings. The molecule has 10 heteroatoms. The fraction of sp³-hybridized carbons (Fsp3) is 0.231. The predicted molar refractivity (Wildman–Crippen MR) is 134 cm³/mol. The van der Waals surface area contributed by atoms with Crippen LogP contribution in [0, 0.1) is 13.8 Å². The van der Waals surface area contributed by atoms with Crippen molar-refractivity contribution in [2.45, 2.75) is 19.9 Å². The number of anilines is 1. The number of aromatic nitrogens is 1. The Balaban J connectivity index is 1.97. The van der Waals surface area contributed by atoms with Gasteiger partial charge in [-0.15, -0.1) is 0 Å². The maximum atomic E-state index is 13.4. The number of rotatable bonds is 6. The molecule has 0 unspecified atom stereocenters. The summed E-state index contributed by atoms with van der Waals surface area (Å²) in [6, 6.07) is 10.8. The molecule has 1 amide bonds. The van der Waals surface area contributed by atoms with Crippen molar-refractivity contribution in [2.75, 3.05) is 26.2 Å². The molecule has 186 valence electrons. The number of aryl methyl sites for hydroxylation is 2. The van der Waals surface area contributed by atoms with Gasteiger partial charge in [0.05, 0.1) is 32.6 Å². The van der Waals surface area contributed by atoms with E-state index in [-0.39, 0.29) is 21.3 Å². The van der Waals surface area contributed by atoms with Crippen LogP contribution in [0.3, 0.4) is 0 Å². The number of aliphatic hydroxyl groups is 1. The number of aliphatic hydroxyl groups excluding tert-OH is 1. The SMILES string of the molecule is COC(=O)c1sc(N2C(=O)C(=O)/C(=C(/O)c3ccc(OC)c(C)c3)[C@@H]2c2ccccc2OC)nc1C. The molecule has 1 aromatic heterocycles. The van der Waals surface area contributed by atoms with E-state index in [9.17, 15) is 19.5 Å². The molecule has 1 atom stereocenters. The van der Waals surface area contributed by atoms with Crippen molar-refractivity contribution in [3.63, 3.8) is 0 Å². The highest BCUT2D eigenvalue weighted by Gasteiger charge is 2.49. The second kappa shape index (κ2) is 9.82. The monoisotopic (exact) mass is 508 g/mol. The summed E-state index contributed by atoms with van der Waals surface area (Å²) in [5, 5.41) is 11.5. The van der Waals surface area contributed by atoms with Crippen molar-refractivity contribution >= 4 is 39.9 Å². The van der Waals surface area contributed by atoms with Crippen LogP contribution in [0.15, 0.2) is 48.0 Å². The highest BCUT2D eigenvalue weighted by Crippen LogP contribution is 2.46. The summed E-state index contributed by atoms with van der Waals surface area (Å²) < 4.78 is 15.6. The third kappa shape index (κ3) is 4.09. The van der Waals surface area contributed by atoms with Crippen LogP contribution in [0.4, 0.5) is 5.13 Å². The smallest absolute Gasteiger partial charge is 0.350 e. The Hall–Kier alpha value is -4.18. The first-order valence-electron chi connectivity index (χ1n) is 10.9. The third-order valence-corrected chi connectivity index (χ3v) is 7.05. The number of ketones is 1. The lowest BCUT2D eigenvalue weighted by Gasteiger charge is -2.24. The van der Waals surface area contributed by atoms with Gasteiger partial charge in [-0.25, -0.2) is 9.78 Å². The number of carbonyl (C=O) groups excluding carboxylic acids is 3. The largest absolute Gasteiger partial charge is 0.507 e. The fourth-order valence-corrected chi connectivity index (χ4v) is 5.18. The van der Waals surface area contributed by atoms with E-state index in [2.05, 4.69) is 4.98 Å². The minimum atomic E-state index is -1.06. The number of hydrogen-bond donors (Lipinski definition) is 1. The van der Waals surface area contributed by atoms with Gasteiger partial charge in [0.2, 0.25) is 0 Å². The lowest BCUT2D eigenvalue weighted by Crippen LogP contribution is -2.29. The van der Waals surface area contributed by atoms with E-state index in [0.717, 1.165) is 16.9 Å². The van der Waals surface area contributed by atoms with Gasteiger partial charge in [-0.1, -0.05) is 29.5 Å². The lowest BCUT2D eigenvalue weighted by atomic mass is 9.94. The molecule has 1 aliphatic heterocycles. The molecule has 0 radical (unpaired) electrons. The Morgan fingerprint density at radius 3 is 2.36 bits per heavy atom. The molecule has 3 aromatic rings. The van der Waals surface area contributed by atoms with Gasteiger partial charge < -0.3 is 19.3 Å². The van der Waals surface area contributed by atoms with Gasteiger partial charge in [0, 0.05) is 11.1 Å². The zero-order valence-corrected chi connectivity index (χ0v) is 21.1. The van der Waals surface area contributed by atoms with Crippen LogP contribution >= 0.6 is 11.3 Å². The summed E-state index contributed by atoms with van der Waals surface area (Å²) in [6.45, 7) is 3.42. The number of ether oxygens (including phenoxy) is 3. The van der Waals surface area contributed by atoms with E-state index in [1.54, 1.807) is 56.3 Å². The number of amides is 1. The van der Waals surface area contributed by atoms with Crippen molar-refractivity contribution in [3.8, 4) is 11.5 Å². The van der Waals surface area contributed by atoms with E-state index >= 15 is 0 Å². The normalized spacial score (nSPS) is 16.8. The van der Waals surface area contributed by atoms with Crippen molar-refractivity contribution in [1.82, 2.24) is 4.98 Å². The fourth-order valence-electron chi connectivity index (χ4n) is 4.16. The molecule has 1 saturated heterocycles. The second-order valence-corrected chi connectivity index (χ2v) is 8.98. The minimum Gasteiger partial charge on any atom is -0.507 e. The van der Waals surface area contributed by atoms with Crippen LogP contribution in [-0.4, -0.2) is 49.1 Å². The van der Waals surface area contributed by atoms with Gasteiger partial charge in [0.15, 0.2) is 5.13 Å². The summed E-state index contributed by atoms with van der Waals surface area (Å²) in [4.78, 5) is 44.8. The molecular weight excluding hydrogens is 484 g/mol. The average Bonchev–Trinajstić information content (AvgIpc) is 3.39. The lowest BCUT2D eigenvalue weighted by molar-refractivity contribution is -0.132. The van der Waals surface area contributed by atoms with Crippen LogP contribution in [0.2, 0.25) is 0 Å². The quantitative estimate of drug-likeness (QED) is 0.228. The zero-order valence-electron chi connectivity index (χ0n) is 20.3. The van der Waals surface area contributed by atoms with E-state index in [4.69, 9.17) is 14.2 Å². The Morgan fingerprint density at radius 1 is 1.03 bits per heavy atom. The number of thiazole rings is 1. The summed E-state index contributed by atoms with van der Waals surface area (Å²) in [7, 11) is 4.26. The molecule has 0 aliphatic carbocycles. The van der Waals surface area contributed by atoms with Gasteiger partial charge in [-0.2, -0.15) is 0 Å². The molecule has 0 bridgehead atoms. The molecule has 9 nitrogen and oxygen atoms in total. The number of esters is 1. The number of hydrogen-bond acceptors (Lipinski definition) is 9. The van der Waals surface area contributed by atoms with E-state index in [1.807, 2.05) is 0 Å². The molecular formula is C26H24N2O7S. The van der Waals surface area contributed by atoms with Crippen molar-refractivity contribution in [1.29, 1.82) is 0 Å². The van der Waals surface area contributed by atoms with E-state index in [0.29, 0.717) is 28.3 Å². The third-order valence-electron chi connectivity index (χ3n) is 5.91. The Labute approximate surface area is 211 Å². The van der Waals surface area contributed by atoms with Crippen molar-refractivity contribution < 1.29 is 33.7 Å². The van der Waals surface area contributed by atoms with Crippen molar-refractivity contribution in [3.05, 3.63) is 75.3 Å². The number of nitrogens with zero attached hydrogens (tertiary/aromatic N) is 2. The topological polar surface area (TPSA) is 115 Å². The van der Waals surface area contributed by atoms with Gasteiger partial charge in [-0.3, -0.25) is 14.5 Å².